The normalized spacial score (nSPS) is 12.7. The lowest BCUT2D eigenvalue weighted by atomic mass is 10.1. The number of hydrogen-bond donors (Lipinski definition) is 2. The van der Waals surface area contributed by atoms with E-state index in [9.17, 15) is 0 Å². The number of nitrogens with one attached hydrogen (secondary N) is 2. The highest BCUT2D eigenvalue weighted by Crippen LogP contribution is 2.32. The fourth-order valence-corrected chi connectivity index (χ4v) is 3.36. The van der Waals surface area contributed by atoms with Crippen LogP contribution in [0.4, 0.5) is 0 Å². The Morgan fingerprint density at radius 3 is 2.81 bits per heavy atom. The van der Waals surface area contributed by atoms with E-state index in [4.69, 9.17) is 0 Å². The van der Waals surface area contributed by atoms with E-state index < -0.39 is 0 Å². The zero-order valence-electron chi connectivity index (χ0n) is 12.5. The van der Waals surface area contributed by atoms with Gasteiger partial charge in [0, 0.05) is 10.9 Å². The minimum atomic E-state index is 0.320. The van der Waals surface area contributed by atoms with E-state index in [-0.39, 0.29) is 0 Å². The van der Waals surface area contributed by atoms with Crippen LogP contribution < -0.4 is 5.32 Å². The summed E-state index contributed by atoms with van der Waals surface area (Å²) >= 11 is 1.68. The van der Waals surface area contributed by atoms with Crippen molar-refractivity contribution in [2.45, 2.75) is 29.9 Å². The Balaban J connectivity index is 1.95. The monoisotopic (exact) mass is 297 g/mol. The second-order valence-corrected chi connectivity index (χ2v) is 6.24. The van der Waals surface area contributed by atoms with Crippen molar-refractivity contribution in [2.75, 3.05) is 7.05 Å². The summed E-state index contributed by atoms with van der Waals surface area (Å²) in [5.41, 5.74) is 4.65. The lowest BCUT2D eigenvalue weighted by molar-refractivity contribution is 0.641. The maximum Gasteiger partial charge on any atom is 0.171 e. The number of aromatic nitrogens is 2. The molecular weight excluding hydrogens is 278 g/mol. The average Bonchev–Trinajstić information content (AvgIpc) is 2.88. The van der Waals surface area contributed by atoms with Crippen molar-refractivity contribution in [1.82, 2.24) is 15.3 Å². The molecule has 1 heterocycles. The molecule has 0 fully saturated rings. The lowest BCUT2D eigenvalue weighted by Gasteiger charge is -2.14. The molecular formula is C17H19N3S. The molecule has 0 saturated carbocycles. The first-order valence-corrected chi connectivity index (χ1v) is 7.89. The number of fused-ring (bicyclic) bond motifs is 1. The Hall–Kier alpha value is -1.78. The number of rotatable bonds is 4. The van der Waals surface area contributed by atoms with E-state index in [0.29, 0.717) is 6.04 Å². The lowest BCUT2D eigenvalue weighted by Crippen LogP contribution is -2.13. The third kappa shape index (κ3) is 2.96. The molecule has 2 N–H and O–H groups in total. The van der Waals surface area contributed by atoms with Gasteiger partial charge < -0.3 is 10.3 Å². The van der Waals surface area contributed by atoms with Gasteiger partial charge in [0.25, 0.3) is 0 Å². The van der Waals surface area contributed by atoms with E-state index in [1.165, 1.54) is 16.0 Å². The summed E-state index contributed by atoms with van der Waals surface area (Å²) in [7, 11) is 1.98. The van der Waals surface area contributed by atoms with E-state index in [1.807, 2.05) is 7.05 Å². The number of aryl methyl sites for hydroxylation is 1. The first-order chi connectivity index (χ1) is 10.2. The number of imidazole rings is 1. The molecule has 0 aliphatic rings. The summed E-state index contributed by atoms with van der Waals surface area (Å²) < 4.78 is 0. The van der Waals surface area contributed by atoms with Crippen LogP contribution in [-0.2, 0) is 0 Å². The molecule has 1 aromatic heterocycles. The predicted molar refractivity (Wildman–Crippen MR) is 88.9 cm³/mol. The summed E-state index contributed by atoms with van der Waals surface area (Å²) in [4.78, 5) is 9.29. The van der Waals surface area contributed by atoms with E-state index >= 15 is 0 Å². The van der Waals surface area contributed by atoms with Gasteiger partial charge in [-0.25, -0.2) is 4.98 Å². The van der Waals surface area contributed by atoms with Crippen molar-refractivity contribution in [3.63, 3.8) is 0 Å². The molecule has 0 aliphatic carbocycles. The van der Waals surface area contributed by atoms with Crippen LogP contribution in [0.2, 0.25) is 0 Å². The van der Waals surface area contributed by atoms with Crippen LogP contribution >= 0.6 is 11.8 Å². The maximum atomic E-state index is 4.66. The summed E-state index contributed by atoms with van der Waals surface area (Å²) in [6.07, 6.45) is 0. The fourth-order valence-electron chi connectivity index (χ4n) is 2.34. The third-order valence-electron chi connectivity index (χ3n) is 3.64. The van der Waals surface area contributed by atoms with Gasteiger partial charge >= 0.3 is 0 Å². The first-order valence-electron chi connectivity index (χ1n) is 7.08. The molecule has 0 amide bonds. The molecule has 1 unspecified atom stereocenters. The van der Waals surface area contributed by atoms with Gasteiger partial charge in [0.15, 0.2) is 5.16 Å². The molecule has 1 atom stereocenters. The Bertz CT molecular complexity index is 764. The quantitative estimate of drug-likeness (QED) is 0.754. The van der Waals surface area contributed by atoms with Crippen LogP contribution in [0.3, 0.4) is 0 Å². The number of H-pyrrole nitrogens is 1. The highest BCUT2D eigenvalue weighted by Gasteiger charge is 2.11. The molecule has 0 saturated heterocycles. The molecule has 3 rings (SSSR count). The molecule has 4 heteroatoms. The average molecular weight is 297 g/mol. The van der Waals surface area contributed by atoms with Gasteiger partial charge in [-0.1, -0.05) is 36.0 Å². The molecule has 2 aromatic carbocycles. The van der Waals surface area contributed by atoms with Crippen LogP contribution in [-0.4, -0.2) is 17.0 Å². The van der Waals surface area contributed by atoms with Crippen LogP contribution in [0.25, 0.3) is 11.0 Å². The zero-order valence-corrected chi connectivity index (χ0v) is 13.3. The van der Waals surface area contributed by atoms with Gasteiger partial charge in [-0.2, -0.15) is 0 Å². The highest BCUT2D eigenvalue weighted by atomic mass is 32.2. The van der Waals surface area contributed by atoms with Gasteiger partial charge in [-0.15, -0.1) is 0 Å². The first kappa shape index (κ1) is 14.2. The minimum Gasteiger partial charge on any atom is -0.333 e. The molecule has 3 aromatic rings. The zero-order chi connectivity index (χ0) is 14.8. The standard InChI is InChI=1S/C17H19N3S/c1-11-8-9-14-15(10-11)20-17(19-14)21-16-7-5-4-6-13(16)12(2)18-3/h4-10,12,18H,1-3H3,(H,19,20). The van der Waals surface area contributed by atoms with Crippen molar-refractivity contribution < 1.29 is 0 Å². The van der Waals surface area contributed by atoms with Gasteiger partial charge in [0.2, 0.25) is 0 Å². The van der Waals surface area contributed by atoms with Crippen molar-refractivity contribution in [1.29, 1.82) is 0 Å². The topological polar surface area (TPSA) is 40.7 Å². The molecule has 0 spiro atoms. The second-order valence-electron chi connectivity index (χ2n) is 5.21. The Labute approximate surface area is 129 Å². The van der Waals surface area contributed by atoms with Crippen molar-refractivity contribution in [3.05, 3.63) is 53.6 Å². The van der Waals surface area contributed by atoms with Crippen molar-refractivity contribution in [2.24, 2.45) is 0 Å². The van der Waals surface area contributed by atoms with Crippen LogP contribution in [0.15, 0.2) is 52.5 Å². The molecule has 0 bridgehead atoms. The van der Waals surface area contributed by atoms with E-state index in [0.717, 1.165) is 16.2 Å². The Morgan fingerprint density at radius 1 is 1.19 bits per heavy atom. The Morgan fingerprint density at radius 2 is 2.00 bits per heavy atom. The van der Waals surface area contributed by atoms with E-state index in [1.54, 1.807) is 11.8 Å². The molecule has 0 aliphatic heterocycles. The van der Waals surface area contributed by atoms with Crippen molar-refractivity contribution in [3.8, 4) is 0 Å². The number of nitrogens with zero attached hydrogens (tertiary/aromatic N) is 1. The largest absolute Gasteiger partial charge is 0.333 e. The van der Waals surface area contributed by atoms with E-state index in [2.05, 4.69) is 71.6 Å². The molecule has 108 valence electrons. The maximum absolute atomic E-state index is 4.66. The predicted octanol–water partition coefficient (Wildman–Crippen LogP) is 4.30. The van der Waals surface area contributed by atoms with Gasteiger partial charge in [-0.05, 0) is 50.2 Å². The number of benzene rings is 2. The summed E-state index contributed by atoms with van der Waals surface area (Å²) in [6, 6.07) is 15.1. The summed E-state index contributed by atoms with van der Waals surface area (Å²) in [5, 5.41) is 4.23. The van der Waals surface area contributed by atoms with Crippen LogP contribution in [0.1, 0.15) is 24.1 Å². The SMILES string of the molecule is CNC(C)c1ccccc1Sc1nc2ccc(C)cc2[nH]1. The van der Waals surface area contributed by atoms with Crippen LogP contribution in [0, 0.1) is 6.92 Å². The second kappa shape index (κ2) is 5.92. The third-order valence-corrected chi connectivity index (χ3v) is 4.62. The number of aromatic amines is 1. The Kier molecular flexibility index (Phi) is 3.99. The smallest absolute Gasteiger partial charge is 0.171 e. The number of hydrogen-bond acceptors (Lipinski definition) is 3. The molecule has 3 nitrogen and oxygen atoms in total. The van der Waals surface area contributed by atoms with Crippen molar-refractivity contribution >= 4 is 22.8 Å². The summed E-state index contributed by atoms with van der Waals surface area (Å²) in [5.74, 6) is 0. The van der Waals surface area contributed by atoms with Crippen LogP contribution in [0.5, 0.6) is 0 Å². The summed E-state index contributed by atoms with van der Waals surface area (Å²) in [6.45, 7) is 4.26. The molecule has 21 heavy (non-hydrogen) atoms. The van der Waals surface area contributed by atoms with Gasteiger partial charge in [0.1, 0.15) is 0 Å². The minimum absolute atomic E-state index is 0.320. The fraction of sp³-hybridized carbons (Fsp3) is 0.235. The van der Waals surface area contributed by atoms with Gasteiger partial charge in [0.05, 0.1) is 11.0 Å². The highest BCUT2D eigenvalue weighted by molar-refractivity contribution is 7.99. The molecule has 0 radical (unpaired) electrons. The van der Waals surface area contributed by atoms with Gasteiger partial charge in [-0.3, -0.25) is 0 Å².